The standard InChI is InChI=1S/C7H10BrN3O/c1-2-9-7-10-4-5(11-7)6(12)3-8/h4H,2-3H2,1H3,(H2,9,10,11). The maximum atomic E-state index is 11.1. The van der Waals surface area contributed by atoms with Crippen LogP contribution in [0.1, 0.15) is 17.4 Å². The number of H-pyrrole nitrogens is 1. The largest absolute Gasteiger partial charge is 0.356 e. The molecule has 12 heavy (non-hydrogen) atoms. The molecule has 0 amide bonds. The SMILES string of the molecule is CCNc1ncc(C(=O)CBr)[nH]1. The molecule has 0 radical (unpaired) electrons. The Bertz CT molecular complexity index is 271. The van der Waals surface area contributed by atoms with Gasteiger partial charge in [-0.25, -0.2) is 4.98 Å². The molecule has 0 aliphatic carbocycles. The first kappa shape index (κ1) is 9.25. The minimum Gasteiger partial charge on any atom is -0.356 e. The van der Waals surface area contributed by atoms with Crippen LogP contribution in [0.4, 0.5) is 5.95 Å². The molecule has 0 spiro atoms. The van der Waals surface area contributed by atoms with Gasteiger partial charge in [0.05, 0.1) is 11.5 Å². The lowest BCUT2D eigenvalue weighted by atomic mass is 10.3. The van der Waals surface area contributed by atoms with Crippen LogP contribution in [-0.2, 0) is 0 Å². The van der Waals surface area contributed by atoms with Gasteiger partial charge in [0.25, 0.3) is 0 Å². The average molecular weight is 232 g/mol. The Kier molecular flexibility index (Phi) is 3.28. The maximum absolute atomic E-state index is 11.1. The third-order valence-electron chi connectivity index (χ3n) is 1.34. The average Bonchev–Trinajstić information content (AvgIpc) is 2.52. The zero-order chi connectivity index (χ0) is 8.97. The fourth-order valence-electron chi connectivity index (χ4n) is 0.792. The predicted molar refractivity (Wildman–Crippen MR) is 50.9 cm³/mol. The molecule has 4 nitrogen and oxygen atoms in total. The van der Waals surface area contributed by atoms with E-state index < -0.39 is 0 Å². The third kappa shape index (κ3) is 2.07. The van der Waals surface area contributed by atoms with Crippen LogP contribution in [-0.4, -0.2) is 27.6 Å². The number of anilines is 1. The van der Waals surface area contributed by atoms with E-state index in [9.17, 15) is 4.79 Å². The van der Waals surface area contributed by atoms with E-state index in [1.807, 2.05) is 6.92 Å². The van der Waals surface area contributed by atoms with E-state index in [0.717, 1.165) is 6.54 Å². The summed E-state index contributed by atoms with van der Waals surface area (Å²) in [7, 11) is 0. The zero-order valence-corrected chi connectivity index (χ0v) is 8.31. The number of hydrogen-bond donors (Lipinski definition) is 2. The number of carbonyl (C=O) groups excluding carboxylic acids is 1. The molecule has 5 heteroatoms. The predicted octanol–water partition coefficient (Wildman–Crippen LogP) is 1.42. The summed E-state index contributed by atoms with van der Waals surface area (Å²) >= 11 is 3.08. The molecule has 66 valence electrons. The van der Waals surface area contributed by atoms with Crippen LogP contribution in [0.15, 0.2) is 6.20 Å². The number of nitrogens with one attached hydrogen (secondary N) is 2. The zero-order valence-electron chi connectivity index (χ0n) is 6.72. The van der Waals surface area contributed by atoms with Crippen molar-refractivity contribution in [2.24, 2.45) is 0 Å². The molecular formula is C7H10BrN3O. The monoisotopic (exact) mass is 231 g/mol. The molecule has 0 bridgehead atoms. The Morgan fingerprint density at radius 2 is 2.58 bits per heavy atom. The van der Waals surface area contributed by atoms with E-state index in [4.69, 9.17) is 0 Å². The van der Waals surface area contributed by atoms with Crippen molar-refractivity contribution in [1.29, 1.82) is 0 Å². The first-order valence-electron chi connectivity index (χ1n) is 3.66. The Balaban J connectivity index is 2.70. The van der Waals surface area contributed by atoms with Crippen LogP contribution in [0.5, 0.6) is 0 Å². The molecular weight excluding hydrogens is 222 g/mol. The van der Waals surface area contributed by atoms with E-state index in [2.05, 4.69) is 31.2 Å². The third-order valence-corrected chi connectivity index (χ3v) is 1.85. The van der Waals surface area contributed by atoms with Gasteiger partial charge in [-0.05, 0) is 6.92 Å². The van der Waals surface area contributed by atoms with E-state index in [1.54, 1.807) is 0 Å². The van der Waals surface area contributed by atoms with Gasteiger partial charge >= 0.3 is 0 Å². The number of aromatic amines is 1. The quantitative estimate of drug-likeness (QED) is 0.609. The van der Waals surface area contributed by atoms with Gasteiger partial charge in [0.1, 0.15) is 5.69 Å². The second kappa shape index (κ2) is 4.25. The van der Waals surface area contributed by atoms with Crippen LogP contribution in [0.2, 0.25) is 0 Å². The number of rotatable bonds is 4. The van der Waals surface area contributed by atoms with Crippen LogP contribution in [0.3, 0.4) is 0 Å². The van der Waals surface area contributed by atoms with Gasteiger partial charge in [-0.2, -0.15) is 0 Å². The van der Waals surface area contributed by atoms with E-state index >= 15 is 0 Å². The minimum atomic E-state index is 0.00616. The van der Waals surface area contributed by atoms with Gasteiger partial charge in [0.15, 0.2) is 5.78 Å². The smallest absolute Gasteiger partial charge is 0.200 e. The van der Waals surface area contributed by atoms with Crippen molar-refractivity contribution < 1.29 is 4.79 Å². The van der Waals surface area contributed by atoms with Crippen molar-refractivity contribution in [3.8, 4) is 0 Å². The molecule has 0 aliphatic rings. The van der Waals surface area contributed by atoms with Gasteiger partial charge < -0.3 is 10.3 Å². The lowest BCUT2D eigenvalue weighted by Crippen LogP contribution is -2.01. The van der Waals surface area contributed by atoms with Crippen molar-refractivity contribution in [3.63, 3.8) is 0 Å². The number of alkyl halides is 1. The highest BCUT2D eigenvalue weighted by atomic mass is 79.9. The minimum absolute atomic E-state index is 0.00616. The number of carbonyl (C=O) groups is 1. The summed E-state index contributed by atoms with van der Waals surface area (Å²) in [5.74, 6) is 0.647. The summed E-state index contributed by atoms with van der Waals surface area (Å²) in [5.41, 5.74) is 0.530. The summed E-state index contributed by atoms with van der Waals surface area (Å²) < 4.78 is 0. The Hall–Kier alpha value is -0.840. The van der Waals surface area contributed by atoms with Crippen molar-refractivity contribution >= 4 is 27.7 Å². The van der Waals surface area contributed by atoms with Gasteiger partial charge in [-0.15, -0.1) is 0 Å². The number of halogens is 1. The molecule has 0 atom stereocenters. The van der Waals surface area contributed by atoms with Crippen molar-refractivity contribution in [3.05, 3.63) is 11.9 Å². The first-order valence-corrected chi connectivity index (χ1v) is 4.78. The number of Topliss-reactive ketones (excluding diaryl/α,β-unsaturated/α-hetero) is 1. The molecule has 0 aliphatic heterocycles. The van der Waals surface area contributed by atoms with E-state index in [1.165, 1.54) is 6.20 Å². The lowest BCUT2D eigenvalue weighted by molar-refractivity contribution is 0.101. The fraction of sp³-hybridized carbons (Fsp3) is 0.429. The van der Waals surface area contributed by atoms with Gasteiger partial charge in [0.2, 0.25) is 5.95 Å². The number of nitrogens with zero attached hydrogens (tertiary/aromatic N) is 1. The van der Waals surface area contributed by atoms with Crippen LogP contribution < -0.4 is 5.32 Å². The summed E-state index contributed by atoms with van der Waals surface area (Å²) in [4.78, 5) is 17.9. The van der Waals surface area contributed by atoms with Gasteiger partial charge in [-0.3, -0.25) is 4.79 Å². The van der Waals surface area contributed by atoms with Crippen molar-refractivity contribution in [1.82, 2.24) is 9.97 Å². The lowest BCUT2D eigenvalue weighted by Gasteiger charge is -1.94. The summed E-state index contributed by atoms with van der Waals surface area (Å²) in [6.45, 7) is 2.75. The van der Waals surface area contributed by atoms with Crippen LogP contribution in [0.25, 0.3) is 0 Å². The number of ketones is 1. The molecule has 1 aromatic rings. The second-order valence-corrected chi connectivity index (χ2v) is 2.79. The molecule has 1 heterocycles. The van der Waals surface area contributed by atoms with E-state index in [-0.39, 0.29) is 5.78 Å². The van der Waals surface area contributed by atoms with E-state index in [0.29, 0.717) is 17.0 Å². The number of imidazole rings is 1. The highest BCUT2D eigenvalue weighted by Crippen LogP contribution is 2.03. The Morgan fingerprint density at radius 3 is 3.17 bits per heavy atom. The fourth-order valence-corrected chi connectivity index (χ4v) is 1.09. The normalized spacial score (nSPS) is 9.83. The highest BCUT2D eigenvalue weighted by Gasteiger charge is 2.06. The maximum Gasteiger partial charge on any atom is 0.200 e. The number of hydrogen-bond acceptors (Lipinski definition) is 3. The summed E-state index contributed by atoms with van der Waals surface area (Å²) in [6.07, 6.45) is 1.53. The van der Waals surface area contributed by atoms with Gasteiger partial charge in [0, 0.05) is 6.54 Å². The molecule has 1 rings (SSSR count). The molecule has 0 fully saturated rings. The molecule has 0 saturated heterocycles. The highest BCUT2D eigenvalue weighted by molar-refractivity contribution is 9.09. The van der Waals surface area contributed by atoms with Crippen molar-refractivity contribution in [2.75, 3.05) is 17.2 Å². The van der Waals surface area contributed by atoms with Crippen LogP contribution in [0, 0.1) is 0 Å². The molecule has 0 saturated carbocycles. The summed E-state index contributed by atoms with van der Waals surface area (Å²) in [5, 5.41) is 3.29. The first-order chi connectivity index (χ1) is 5.77. The Morgan fingerprint density at radius 1 is 1.83 bits per heavy atom. The summed E-state index contributed by atoms with van der Waals surface area (Å²) in [6, 6.07) is 0. The number of aromatic nitrogens is 2. The molecule has 2 N–H and O–H groups in total. The van der Waals surface area contributed by atoms with Crippen LogP contribution >= 0.6 is 15.9 Å². The van der Waals surface area contributed by atoms with Crippen molar-refractivity contribution in [2.45, 2.75) is 6.92 Å². The molecule has 0 aromatic carbocycles. The Labute approximate surface area is 78.9 Å². The van der Waals surface area contributed by atoms with Gasteiger partial charge in [-0.1, -0.05) is 15.9 Å². The topological polar surface area (TPSA) is 57.8 Å². The molecule has 1 aromatic heterocycles. The molecule has 0 unspecified atom stereocenters. The second-order valence-electron chi connectivity index (χ2n) is 2.23.